The van der Waals surface area contributed by atoms with Gasteiger partial charge >= 0.3 is 5.97 Å². The molecule has 1 aromatic rings. The molecule has 4 heteroatoms. The van der Waals surface area contributed by atoms with Crippen LogP contribution < -0.4 is 0 Å². The second-order valence-electron chi connectivity index (χ2n) is 5.25. The van der Waals surface area contributed by atoms with Crippen LogP contribution in [0.3, 0.4) is 0 Å². The Morgan fingerprint density at radius 2 is 2.28 bits per heavy atom. The number of likely N-dealkylation sites (N-methyl/N-ethyl adjacent to an activating group) is 1. The highest BCUT2D eigenvalue weighted by molar-refractivity contribution is 5.76. The minimum atomic E-state index is -0.640. The van der Waals surface area contributed by atoms with Crippen LogP contribution >= 0.6 is 0 Å². The van der Waals surface area contributed by atoms with E-state index in [1.807, 2.05) is 25.2 Å². The Hall–Kier alpha value is -1.42. The fourth-order valence-corrected chi connectivity index (χ4v) is 2.49. The van der Waals surface area contributed by atoms with Crippen molar-refractivity contribution in [2.24, 2.45) is 5.41 Å². The average Bonchev–Trinajstić information content (AvgIpc) is 2.32. The van der Waals surface area contributed by atoms with Crippen molar-refractivity contribution in [2.45, 2.75) is 25.7 Å². The fraction of sp³-hybridized carbons (Fsp3) is 0.571. The molecular weight excluding hydrogens is 228 g/mol. The molecule has 0 radical (unpaired) electrons. The number of aliphatic carboxylic acids is 1. The van der Waals surface area contributed by atoms with E-state index in [0.29, 0.717) is 6.54 Å². The zero-order chi connectivity index (χ0) is 13.0. The van der Waals surface area contributed by atoms with Gasteiger partial charge in [0.05, 0.1) is 5.41 Å². The summed E-state index contributed by atoms with van der Waals surface area (Å²) in [5.41, 5.74) is 0.570. The Morgan fingerprint density at radius 1 is 1.50 bits per heavy atom. The molecule has 1 aromatic heterocycles. The van der Waals surface area contributed by atoms with E-state index >= 15 is 0 Å². The highest BCUT2D eigenvalue weighted by atomic mass is 16.4. The van der Waals surface area contributed by atoms with Crippen molar-refractivity contribution < 1.29 is 9.90 Å². The quantitative estimate of drug-likeness (QED) is 0.834. The molecule has 1 aliphatic carbocycles. The van der Waals surface area contributed by atoms with E-state index in [1.54, 1.807) is 6.20 Å². The van der Waals surface area contributed by atoms with Gasteiger partial charge in [0, 0.05) is 31.4 Å². The first kappa shape index (κ1) is 13.0. The Morgan fingerprint density at radius 3 is 2.78 bits per heavy atom. The molecule has 0 saturated heterocycles. The number of pyridine rings is 1. The summed E-state index contributed by atoms with van der Waals surface area (Å²) in [7, 11) is 1.99. The standard InChI is InChI=1S/C14H20N2O2/c1-16(10-6-12-5-2-3-9-15-12)11-14(13(17)18)7-4-8-14/h2-3,5,9H,4,6-8,10-11H2,1H3,(H,17,18). The lowest BCUT2D eigenvalue weighted by molar-refractivity contribution is -0.156. The minimum Gasteiger partial charge on any atom is -0.481 e. The first-order valence-electron chi connectivity index (χ1n) is 6.44. The molecule has 0 bridgehead atoms. The number of rotatable bonds is 6. The molecule has 0 atom stereocenters. The van der Waals surface area contributed by atoms with Gasteiger partial charge in [-0.3, -0.25) is 9.78 Å². The average molecular weight is 248 g/mol. The predicted molar refractivity (Wildman–Crippen MR) is 69.4 cm³/mol. The summed E-state index contributed by atoms with van der Waals surface area (Å²) in [6.45, 7) is 1.50. The molecule has 1 heterocycles. The van der Waals surface area contributed by atoms with Gasteiger partial charge in [-0.25, -0.2) is 0 Å². The van der Waals surface area contributed by atoms with Gasteiger partial charge in [-0.15, -0.1) is 0 Å². The van der Waals surface area contributed by atoms with Crippen LogP contribution in [0.5, 0.6) is 0 Å². The number of aromatic nitrogens is 1. The van der Waals surface area contributed by atoms with Gasteiger partial charge in [-0.05, 0) is 32.0 Å². The summed E-state index contributed by atoms with van der Waals surface area (Å²) < 4.78 is 0. The van der Waals surface area contributed by atoms with Crippen molar-refractivity contribution in [3.63, 3.8) is 0 Å². The number of nitrogens with zero attached hydrogens (tertiary/aromatic N) is 2. The lowest BCUT2D eigenvalue weighted by atomic mass is 9.68. The summed E-state index contributed by atoms with van der Waals surface area (Å²) in [5, 5.41) is 9.28. The van der Waals surface area contributed by atoms with E-state index in [9.17, 15) is 9.90 Å². The van der Waals surface area contributed by atoms with Crippen molar-refractivity contribution in [1.29, 1.82) is 0 Å². The van der Waals surface area contributed by atoms with Crippen molar-refractivity contribution in [3.8, 4) is 0 Å². The minimum absolute atomic E-state index is 0.487. The van der Waals surface area contributed by atoms with Gasteiger partial charge in [-0.1, -0.05) is 12.5 Å². The second kappa shape index (κ2) is 5.48. The van der Waals surface area contributed by atoms with Gasteiger partial charge in [-0.2, -0.15) is 0 Å². The molecule has 18 heavy (non-hydrogen) atoms. The Balaban J connectivity index is 1.82. The zero-order valence-electron chi connectivity index (χ0n) is 10.8. The van der Waals surface area contributed by atoms with Crippen molar-refractivity contribution in [1.82, 2.24) is 9.88 Å². The molecule has 0 amide bonds. The molecule has 1 saturated carbocycles. The number of hydrogen-bond donors (Lipinski definition) is 1. The molecule has 0 aromatic carbocycles. The van der Waals surface area contributed by atoms with Gasteiger partial charge < -0.3 is 10.0 Å². The van der Waals surface area contributed by atoms with Crippen molar-refractivity contribution >= 4 is 5.97 Å². The van der Waals surface area contributed by atoms with Crippen LogP contribution in [0.1, 0.15) is 25.0 Å². The van der Waals surface area contributed by atoms with Crippen LogP contribution in [-0.4, -0.2) is 41.1 Å². The van der Waals surface area contributed by atoms with Crippen LogP contribution in [0, 0.1) is 5.41 Å². The van der Waals surface area contributed by atoms with E-state index in [1.165, 1.54) is 0 Å². The Bertz CT molecular complexity index is 402. The molecule has 98 valence electrons. The Labute approximate surface area is 108 Å². The maximum Gasteiger partial charge on any atom is 0.310 e. The first-order valence-corrected chi connectivity index (χ1v) is 6.44. The number of hydrogen-bond acceptors (Lipinski definition) is 3. The van der Waals surface area contributed by atoms with Gasteiger partial charge in [0.25, 0.3) is 0 Å². The predicted octanol–water partition coefficient (Wildman–Crippen LogP) is 1.81. The summed E-state index contributed by atoms with van der Waals surface area (Å²) in [6.07, 6.45) is 5.33. The van der Waals surface area contributed by atoms with Crippen LogP contribution in [0.4, 0.5) is 0 Å². The third kappa shape index (κ3) is 2.88. The smallest absolute Gasteiger partial charge is 0.310 e. The summed E-state index contributed by atoms with van der Waals surface area (Å²) in [4.78, 5) is 17.7. The van der Waals surface area contributed by atoms with Crippen LogP contribution in [0.25, 0.3) is 0 Å². The second-order valence-corrected chi connectivity index (χ2v) is 5.25. The molecule has 2 rings (SSSR count). The zero-order valence-corrected chi connectivity index (χ0v) is 10.8. The lowest BCUT2D eigenvalue weighted by Crippen LogP contribution is -2.47. The van der Waals surface area contributed by atoms with Gasteiger partial charge in [0.15, 0.2) is 0 Å². The van der Waals surface area contributed by atoms with Gasteiger partial charge in [0.2, 0.25) is 0 Å². The molecule has 1 aliphatic rings. The molecule has 0 aliphatic heterocycles. The molecular formula is C14H20N2O2. The molecule has 0 spiro atoms. The number of carboxylic acids is 1. The summed E-state index contributed by atoms with van der Waals surface area (Å²) >= 11 is 0. The van der Waals surface area contributed by atoms with E-state index < -0.39 is 11.4 Å². The summed E-state index contributed by atoms with van der Waals surface area (Å²) in [5.74, 6) is -0.640. The highest BCUT2D eigenvalue weighted by Crippen LogP contribution is 2.41. The maximum atomic E-state index is 11.3. The third-order valence-corrected chi connectivity index (χ3v) is 3.81. The number of carboxylic acid groups (broad SMARTS) is 1. The molecule has 0 unspecified atom stereocenters. The van der Waals surface area contributed by atoms with Crippen molar-refractivity contribution in [3.05, 3.63) is 30.1 Å². The topological polar surface area (TPSA) is 53.4 Å². The lowest BCUT2D eigenvalue weighted by Gasteiger charge is -2.40. The largest absolute Gasteiger partial charge is 0.481 e. The van der Waals surface area contributed by atoms with Crippen LogP contribution in [-0.2, 0) is 11.2 Å². The first-order chi connectivity index (χ1) is 8.62. The van der Waals surface area contributed by atoms with Crippen LogP contribution in [0.2, 0.25) is 0 Å². The third-order valence-electron chi connectivity index (χ3n) is 3.81. The Kier molecular flexibility index (Phi) is 3.97. The maximum absolute atomic E-state index is 11.3. The summed E-state index contributed by atoms with van der Waals surface area (Å²) in [6, 6.07) is 5.89. The fourth-order valence-electron chi connectivity index (χ4n) is 2.49. The molecule has 1 N–H and O–H groups in total. The molecule has 4 nitrogen and oxygen atoms in total. The van der Waals surface area contributed by atoms with Gasteiger partial charge in [0.1, 0.15) is 0 Å². The number of carbonyl (C=O) groups is 1. The van der Waals surface area contributed by atoms with Crippen molar-refractivity contribution in [2.75, 3.05) is 20.1 Å². The van der Waals surface area contributed by atoms with Crippen LogP contribution in [0.15, 0.2) is 24.4 Å². The molecule has 1 fully saturated rings. The highest BCUT2D eigenvalue weighted by Gasteiger charge is 2.44. The van der Waals surface area contributed by atoms with E-state index in [2.05, 4.69) is 9.88 Å². The monoisotopic (exact) mass is 248 g/mol. The van der Waals surface area contributed by atoms with E-state index in [0.717, 1.165) is 37.9 Å². The van der Waals surface area contributed by atoms with E-state index in [4.69, 9.17) is 0 Å². The normalized spacial score (nSPS) is 17.4. The van der Waals surface area contributed by atoms with E-state index in [-0.39, 0.29) is 0 Å². The SMILES string of the molecule is CN(CCc1ccccn1)CC1(C(=O)O)CCC1.